The van der Waals surface area contributed by atoms with Crippen molar-refractivity contribution in [3.63, 3.8) is 0 Å². The average molecular weight is 219 g/mol. The minimum atomic E-state index is 0.825. The van der Waals surface area contributed by atoms with Crippen molar-refractivity contribution < 1.29 is 0 Å². The molecule has 1 rings (SSSR count). The van der Waals surface area contributed by atoms with Crippen molar-refractivity contribution in [2.45, 2.75) is 4.90 Å². The standard InChI is InChI=1S/C6H7BrN2S/c7-4-1-2-5(9-8)6(10)3-4/h1-3,9-10H,8H2. The molecular formula is C6H7BrN2S. The predicted molar refractivity (Wildman–Crippen MR) is 49.2 cm³/mol. The highest BCUT2D eigenvalue weighted by Crippen LogP contribution is 2.22. The van der Waals surface area contributed by atoms with Gasteiger partial charge in [0.2, 0.25) is 0 Å². The van der Waals surface area contributed by atoms with Crippen LogP contribution in [0.5, 0.6) is 0 Å². The van der Waals surface area contributed by atoms with Crippen LogP contribution in [-0.4, -0.2) is 0 Å². The number of halogens is 1. The number of nitrogen functional groups attached to an aromatic ring is 1. The van der Waals surface area contributed by atoms with Gasteiger partial charge in [0.05, 0.1) is 5.69 Å². The third kappa shape index (κ3) is 1.65. The molecule has 0 radical (unpaired) electrons. The highest BCUT2D eigenvalue weighted by Gasteiger charge is 1.95. The zero-order valence-corrected chi connectivity index (χ0v) is 7.62. The summed E-state index contributed by atoms with van der Waals surface area (Å²) in [6.07, 6.45) is 0. The van der Waals surface area contributed by atoms with Crippen LogP contribution in [0.25, 0.3) is 0 Å². The fraction of sp³-hybridized carbons (Fsp3) is 0. The van der Waals surface area contributed by atoms with E-state index in [0.29, 0.717) is 0 Å². The quantitative estimate of drug-likeness (QED) is 0.384. The molecule has 1 aromatic rings. The first-order chi connectivity index (χ1) is 4.74. The summed E-state index contributed by atoms with van der Waals surface area (Å²) in [4.78, 5) is 0.830. The minimum Gasteiger partial charge on any atom is -0.323 e. The van der Waals surface area contributed by atoms with Crippen LogP contribution in [0.15, 0.2) is 27.6 Å². The number of hydrogen-bond donors (Lipinski definition) is 3. The van der Waals surface area contributed by atoms with Gasteiger partial charge in [0.25, 0.3) is 0 Å². The predicted octanol–water partition coefficient (Wildman–Crippen LogP) is 2.02. The number of hydrogen-bond acceptors (Lipinski definition) is 3. The van der Waals surface area contributed by atoms with Crippen molar-refractivity contribution in [1.82, 2.24) is 0 Å². The van der Waals surface area contributed by atoms with Crippen LogP contribution in [0.2, 0.25) is 0 Å². The Hall–Kier alpha value is -0.190. The number of hydrazine groups is 1. The third-order valence-corrected chi connectivity index (χ3v) is 1.98. The molecule has 0 aliphatic heterocycles. The molecule has 0 aromatic heterocycles. The molecule has 0 bridgehead atoms. The van der Waals surface area contributed by atoms with Gasteiger partial charge in [-0.2, -0.15) is 0 Å². The minimum absolute atomic E-state index is 0.825. The highest BCUT2D eigenvalue weighted by atomic mass is 79.9. The van der Waals surface area contributed by atoms with Gasteiger partial charge in [-0.05, 0) is 18.2 Å². The van der Waals surface area contributed by atoms with E-state index in [2.05, 4.69) is 34.0 Å². The third-order valence-electron chi connectivity index (χ3n) is 1.12. The van der Waals surface area contributed by atoms with Crippen molar-refractivity contribution in [1.29, 1.82) is 0 Å². The normalized spacial score (nSPS) is 9.50. The summed E-state index contributed by atoms with van der Waals surface area (Å²) < 4.78 is 0.997. The molecule has 0 spiro atoms. The topological polar surface area (TPSA) is 38.0 Å². The van der Waals surface area contributed by atoms with E-state index in [1.54, 1.807) is 0 Å². The van der Waals surface area contributed by atoms with Gasteiger partial charge in [-0.15, -0.1) is 12.6 Å². The smallest absolute Gasteiger partial charge is 0.0619 e. The van der Waals surface area contributed by atoms with Crippen LogP contribution < -0.4 is 11.3 Å². The van der Waals surface area contributed by atoms with E-state index in [0.717, 1.165) is 15.1 Å². The van der Waals surface area contributed by atoms with Crippen molar-refractivity contribution >= 4 is 34.2 Å². The lowest BCUT2D eigenvalue weighted by Crippen LogP contribution is -2.06. The van der Waals surface area contributed by atoms with Crippen molar-refractivity contribution in [2.24, 2.45) is 5.84 Å². The zero-order valence-electron chi connectivity index (χ0n) is 5.13. The van der Waals surface area contributed by atoms with Crippen molar-refractivity contribution in [3.8, 4) is 0 Å². The van der Waals surface area contributed by atoms with E-state index in [4.69, 9.17) is 5.84 Å². The Morgan fingerprint density at radius 1 is 1.50 bits per heavy atom. The molecule has 0 saturated heterocycles. The Morgan fingerprint density at radius 3 is 2.70 bits per heavy atom. The van der Waals surface area contributed by atoms with Gasteiger partial charge in [-0.25, -0.2) is 0 Å². The van der Waals surface area contributed by atoms with Gasteiger partial charge in [0, 0.05) is 9.37 Å². The molecule has 0 atom stereocenters. The lowest BCUT2D eigenvalue weighted by atomic mass is 10.3. The Balaban J connectivity index is 3.07. The molecule has 0 aliphatic rings. The SMILES string of the molecule is NNc1ccc(Br)cc1S. The van der Waals surface area contributed by atoms with Gasteiger partial charge < -0.3 is 5.43 Å². The second-order valence-electron chi connectivity index (χ2n) is 1.81. The first kappa shape index (κ1) is 7.91. The first-order valence-corrected chi connectivity index (χ1v) is 3.93. The Labute approximate surface area is 73.3 Å². The van der Waals surface area contributed by atoms with Gasteiger partial charge in [-0.1, -0.05) is 15.9 Å². The molecule has 0 fully saturated rings. The number of nitrogens with two attached hydrogens (primary N) is 1. The molecule has 0 saturated carbocycles. The van der Waals surface area contributed by atoms with Gasteiger partial charge in [0.1, 0.15) is 0 Å². The van der Waals surface area contributed by atoms with Gasteiger partial charge in [0.15, 0.2) is 0 Å². The maximum Gasteiger partial charge on any atom is 0.0619 e. The van der Waals surface area contributed by atoms with Crippen LogP contribution in [0.4, 0.5) is 5.69 Å². The summed E-state index contributed by atoms with van der Waals surface area (Å²) in [6.45, 7) is 0. The molecule has 3 N–H and O–H groups in total. The number of anilines is 1. The molecule has 2 nitrogen and oxygen atoms in total. The van der Waals surface area contributed by atoms with Crippen LogP contribution in [-0.2, 0) is 0 Å². The van der Waals surface area contributed by atoms with Crippen LogP contribution in [0.3, 0.4) is 0 Å². The molecule has 4 heteroatoms. The first-order valence-electron chi connectivity index (χ1n) is 2.69. The lowest BCUT2D eigenvalue weighted by molar-refractivity contribution is 1.29. The number of nitrogens with one attached hydrogen (secondary N) is 1. The monoisotopic (exact) mass is 218 g/mol. The number of benzene rings is 1. The number of thiol groups is 1. The van der Waals surface area contributed by atoms with E-state index < -0.39 is 0 Å². The van der Waals surface area contributed by atoms with Gasteiger partial charge in [-0.3, -0.25) is 5.84 Å². The summed E-state index contributed by atoms with van der Waals surface area (Å²) in [7, 11) is 0. The molecule has 0 heterocycles. The molecule has 0 unspecified atom stereocenters. The molecule has 1 aromatic carbocycles. The Morgan fingerprint density at radius 2 is 2.20 bits per heavy atom. The largest absolute Gasteiger partial charge is 0.323 e. The Kier molecular flexibility index (Phi) is 2.59. The van der Waals surface area contributed by atoms with Gasteiger partial charge >= 0.3 is 0 Å². The molecular weight excluding hydrogens is 212 g/mol. The maximum atomic E-state index is 5.19. The van der Waals surface area contributed by atoms with Crippen molar-refractivity contribution in [3.05, 3.63) is 22.7 Å². The Bertz CT molecular complexity index is 239. The van der Waals surface area contributed by atoms with E-state index >= 15 is 0 Å². The second-order valence-corrected chi connectivity index (χ2v) is 3.20. The summed E-state index contributed by atoms with van der Waals surface area (Å²) in [5.74, 6) is 5.19. The molecule has 10 heavy (non-hydrogen) atoms. The zero-order chi connectivity index (χ0) is 7.56. The summed E-state index contributed by atoms with van der Waals surface area (Å²) >= 11 is 7.48. The maximum absolute atomic E-state index is 5.19. The lowest BCUT2D eigenvalue weighted by Gasteiger charge is -2.02. The molecule has 0 aliphatic carbocycles. The summed E-state index contributed by atoms with van der Waals surface area (Å²) in [6, 6.07) is 5.62. The van der Waals surface area contributed by atoms with Crippen molar-refractivity contribution in [2.75, 3.05) is 5.43 Å². The van der Waals surface area contributed by atoms with Crippen LogP contribution in [0.1, 0.15) is 0 Å². The van der Waals surface area contributed by atoms with E-state index in [1.807, 2.05) is 18.2 Å². The molecule has 54 valence electrons. The van der Waals surface area contributed by atoms with Crippen LogP contribution in [0, 0.1) is 0 Å². The summed E-state index contributed by atoms with van der Waals surface area (Å²) in [5.41, 5.74) is 3.35. The fourth-order valence-corrected chi connectivity index (χ4v) is 1.44. The van der Waals surface area contributed by atoms with E-state index in [9.17, 15) is 0 Å². The highest BCUT2D eigenvalue weighted by molar-refractivity contribution is 9.10. The second kappa shape index (κ2) is 3.27. The number of rotatable bonds is 1. The van der Waals surface area contributed by atoms with Crippen LogP contribution >= 0.6 is 28.6 Å². The van der Waals surface area contributed by atoms with E-state index in [1.165, 1.54) is 0 Å². The summed E-state index contributed by atoms with van der Waals surface area (Å²) in [5, 5.41) is 0. The molecule has 0 amide bonds. The fourth-order valence-electron chi connectivity index (χ4n) is 0.627. The average Bonchev–Trinajstić information content (AvgIpc) is 1.88. The van der Waals surface area contributed by atoms with E-state index in [-0.39, 0.29) is 0 Å².